The molecule has 8 nitrogen and oxygen atoms in total. The van der Waals surface area contributed by atoms with Crippen LogP contribution in [0, 0.1) is 21.3 Å². The normalized spacial score (nSPS) is 18.7. The number of benzene rings is 2. The fourth-order valence-corrected chi connectivity index (χ4v) is 5.02. The molecule has 0 spiro atoms. The van der Waals surface area contributed by atoms with Crippen molar-refractivity contribution >= 4 is 17.4 Å². The number of carbonyl (C=O) groups is 2. The Morgan fingerprint density at radius 2 is 1.97 bits per heavy atom. The maximum atomic E-state index is 13.5. The van der Waals surface area contributed by atoms with Crippen LogP contribution in [0.5, 0.6) is 5.75 Å². The van der Waals surface area contributed by atoms with E-state index in [1.807, 2.05) is 13.8 Å². The Morgan fingerprint density at radius 3 is 2.65 bits per heavy atom. The zero-order valence-electron chi connectivity index (χ0n) is 21.2. The summed E-state index contributed by atoms with van der Waals surface area (Å²) >= 11 is 0. The van der Waals surface area contributed by atoms with Crippen LogP contribution in [0.4, 0.5) is 10.1 Å². The molecule has 4 rings (SSSR count). The quantitative estimate of drug-likeness (QED) is 0.300. The van der Waals surface area contributed by atoms with Gasteiger partial charge in [0.1, 0.15) is 12.4 Å². The van der Waals surface area contributed by atoms with E-state index < -0.39 is 22.6 Å². The smallest absolute Gasteiger partial charge is 0.336 e. The lowest BCUT2D eigenvalue weighted by molar-refractivity contribution is -0.386. The first-order valence-corrected chi connectivity index (χ1v) is 12.1. The average Bonchev–Trinajstić information content (AvgIpc) is 2.81. The lowest BCUT2D eigenvalue weighted by atomic mass is 9.68. The van der Waals surface area contributed by atoms with Gasteiger partial charge in [0.25, 0.3) is 0 Å². The molecule has 2 aromatic rings. The number of allylic oxidation sites excluding steroid dienone is 3. The van der Waals surface area contributed by atoms with Crippen molar-refractivity contribution in [1.29, 1.82) is 0 Å². The zero-order chi connectivity index (χ0) is 26.9. The van der Waals surface area contributed by atoms with E-state index in [4.69, 9.17) is 9.47 Å². The topological polar surface area (TPSA) is 108 Å². The van der Waals surface area contributed by atoms with E-state index in [1.165, 1.54) is 30.3 Å². The second kappa shape index (κ2) is 10.2. The number of nitro groups is 1. The third kappa shape index (κ3) is 5.40. The highest BCUT2D eigenvalue weighted by atomic mass is 19.1. The molecule has 194 valence electrons. The Balaban J connectivity index is 1.78. The van der Waals surface area contributed by atoms with Crippen LogP contribution < -0.4 is 10.1 Å². The van der Waals surface area contributed by atoms with Crippen LogP contribution in [0.25, 0.3) is 0 Å². The van der Waals surface area contributed by atoms with Crippen molar-refractivity contribution in [2.45, 2.75) is 53.1 Å². The lowest BCUT2D eigenvalue weighted by Gasteiger charge is -2.39. The predicted octanol–water partition coefficient (Wildman–Crippen LogP) is 5.48. The molecule has 37 heavy (non-hydrogen) atoms. The van der Waals surface area contributed by atoms with Gasteiger partial charge in [-0.25, -0.2) is 9.18 Å². The Hall–Kier alpha value is -4.01. The number of esters is 1. The summed E-state index contributed by atoms with van der Waals surface area (Å²) in [6.07, 6.45) is 0.880. The molecule has 2 aromatic carbocycles. The summed E-state index contributed by atoms with van der Waals surface area (Å²) in [6, 6.07) is 10.2. The molecule has 1 atom stereocenters. The number of rotatable bonds is 7. The van der Waals surface area contributed by atoms with Crippen LogP contribution in [0.1, 0.15) is 57.6 Å². The predicted molar refractivity (Wildman–Crippen MR) is 134 cm³/mol. The van der Waals surface area contributed by atoms with Crippen molar-refractivity contribution in [3.05, 3.63) is 92.1 Å². The molecule has 0 saturated carbocycles. The van der Waals surface area contributed by atoms with Gasteiger partial charge in [-0.15, -0.1) is 0 Å². The van der Waals surface area contributed by atoms with Crippen LogP contribution in [-0.4, -0.2) is 23.3 Å². The van der Waals surface area contributed by atoms with Gasteiger partial charge in [0.15, 0.2) is 11.5 Å². The number of carbonyl (C=O) groups excluding carboxylic acids is 2. The number of nitrogens with one attached hydrogen (secondary N) is 1. The van der Waals surface area contributed by atoms with Gasteiger partial charge in [0.2, 0.25) is 0 Å². The maximum absolute atomic E-state index is 13.5. The van der Waals surface area contributed by atoms with E-state index in [0.29, 0.717) is 34.5 Å². The van der Waals surface area contributed by atoms with Crippen LogP contribution in [0.2, 0.25) is 0 Å². The van der Waals surface area contributed by atoms with Crippen LogP contribution in [0.3, 0.4) is 0 Å². The Labute approximate surface area is 214 Å². The minimum atomic E-state index is -0.824. The van der Waals surface area contributed by atoms with E-state index >= 15 is 0 Å². The van der Waals surface area contributed by atoms with Crippen LogP contribution in [-0.2, 0) is 20.9 Å². The molecule has 9 heteroatoms. The molecule has 0 amide bonds. The van der Waals surface area contributed by atoms with Gasteiger partial charge in [0, 0.05) is 35.4 Å². The highest BCUT2D eigenvalue weighted by molar-refractivity contribution is 6.04. The van der Waals surface area contributed by atoms with Gasteiger partial charge >= 0.3 is 11.7 Å². The van der Waals surface area contributed by atoms with E-state index in [9.17, 15) is 24.1 Å². The van der Waals surface area contributed by atoms with Gasteiger partial charge in [-0.1, -0.05) is 32.0 Å². The average molecular weight is 509 g/mol. The highest BCUT2D eigenvalue weighted by Crippen LogP contribution is 2.47. The first-order chi connectivity index (χ1) is 17.5. The largest absolute Gasteiger partial charge is 0.482 e. The molecule has 1 N–H and O–H groups in total. The minimum Gasteiger partial charge on any atom is -0.482 e. The number of halogens is 1. The number of Topliss-reactive ketones (excluding diaryl/α,β-unsaturated/α-hetero) is 1. The summed E-state index contributed by atoms with van der Waals surface area (Å²) in [5.74, 6) is -1.97. The van der Waals surface area contributed by atoms with E-state index in [-0.39, 0.29) is 47.8 Å². The number of nitrogens with zero attached hydrogens (tertiary/aromatic N) is 1. The summed E-state index contributed by atoms with van der Waals surface area (Å²) in [4.78, 5) is 37.8. The number of hydrogen-bond donors (Lipinski definition) is 1. The van der Waals surface area contributed by atoms with E-state index in [1.54, 1.807) is 26.0 Å². The third-order valence-corrected chi connectivity index (χ3v) is 6.53. The Kier molecular flexibility index (Phi) is 7.16. The van der Waals surface area contributed by atoms with Crippen LogP contribution in [0.15, 0.2) is 65.0 Å². The van der Waals surface area contributed by atoms with Gasteiger partial charge in [-0.2, -0.15) is 0 Å². The second-order valence-electron chi connectivity index (χ2n) is 10.1. The van der Waals surface area contributed by atoms with Gasteiger partial charge in [-0.05, 0) is 55.0 Å². The highest BCUT2D eigenvalue weighted by Gasteiger charge is 2.43. The van der Waals surface area contributed by atoms with Crippen molar-refractivity contribution in [2.24, 2.45) is 5.41 Å². The minimum absolute atomic E-state index is 0.00404. The molecular weight excluding hydrogens is 479 g/mol. The SMILES string of the molecule is CCOC(=O)C1=C(C)NC2=C(C(=O)CC(C)(C)C2)[C@@H]1c1ccc(OCc2cccc(F)c2)c([N+](=O)[O-])c1. The van der Waals surface area contributed by atoms with Crippen molar-refractivity contribution in [3.8, 4) is 5.75 Å². The number of dihydropyridines is 1. The number of hydrogen-bond acceptors (Lipinski definition) is 7. The standard InChI is InChI=1S/C28H29FN2O6/c1-5-36-27(33)24-16(2)30-20-13-28(3,4)14-22(32)26(20)25(24)18-9-10-23(21(12-18)31(34)35)37-15-17-7-6-8-19(29)11-17/h6-12,25,30H,5,13-15H2,1-4H3/t25-/m1/s1. The molecule has 1 aliphatic heterocycles. The Bertz CT molecular complexity index is 1340. The molecular formula is C28H29FN2O6. The first kappa shape index (κ1) is 26.1. The molecule has 0 aromatic heterocycles. The summed E-state index contributed by atoms with van der Waals surface area (Å²) in [7, 11) is 0. The van der Waals surface area contributed by atoms with Crippen molar-refractivity contribution in [3.63, 3.8) is 0 Å². The van der Waals surface area contributed by atoms with E-state index in [0.717, 1.165) is 0 Å². The summed E-state index contributed by atoms with van der Waals surface area (Å²) in [6.45, 7) is 7.50. The maximum Gasteiger partial charge on any atom is 0.336 e. The molecule has 2 aliphatic rings. The lowest BCUT2D eigenvalue weighted by Crippen LogP contribution is -2.38. The van der Waals surface area contributed by atoms with Crippen molar-refractivity contribution in [1.82, 2.24) is 5.32 Å². The summed E-state index contributed by atoms with van der Waals surface area (Å²) in [5, 5.41) is 15.2. The molecule has 1 heterocycles. The van der Waals surface area contributed by atoms with Gasteiger partial charge in [-0.3, -0.25) is 14.9 Å². The van der Waals surface area contributed by atoms with E-state index in [2.05, 4.69) is 5.32 Å². The zero-order valence-corrected chi connectivity index (χ0v) is 21.2. The van der Waals surface area contributed by atoms with Crippen molar-refractivity contribution < 1.29 is 28.4 Å². The molecule has 0 unspecified atom stereocenters. The number of nitro benzene ring substituents is 1. The third-order valence-electron chi connectivity index (χ3n) is 6.53. The monoisotopic (exact) mass is 508 g/mol. The molecule has 0 saturated heterocycles. The summed E-state index contributed by atoms with van der Waals surface area (Å²) in [5.41, 5.74) is 2.27. The molecule has 0 radical (unpaired) electrons. The Morgan fingerprint density at radius 1 is 1.22 bits per heavy atom. The molecule has 1 aliphatic carbocycles. The van der Waals surface area contributed by atoms with Gasteiger partial charge in [0.05, 0.1) is 17.1 Å². The fourth-order valence-electron chi connectivity index (χ4n) is 5.02. The van der Waals surface area contributed by atoms with Crippen LogP contribution >= 0.6 is 0 Å². The number of ketones is 1. The second-order valence-corrected chi connectivity index (χ2v) is 10.1. The fraction of sp³-hybridized carbons (Fsp3) is 0.357. The van der Waals surface area contributed by atoms with Gasteiger partial charge < -0.3 is 14.8 Å². The first-order valence-electron chi connectivity index (χ1n) is 12.1. The number of ether oxygens (including phenoxy) is 2. The molecule has 0 fully saturated rings. The molecule has 0 bridgehead atoms. The van der Waals surface area contributed by atoms with Crippen molar-refractivity contribution in [2.75, 3.05) is 6.61 Å². The summed E-state index contributed by atoms with van der Waals surface area (Å²) < 4.78 is 24.5.